The Morgan fingerprint density at radius 3 is 2.28 bits per heavy atom. The summed E-state index contributed by atoms with van der Waals surface area (Å²) in [4.78, 5) is 28.0. The van der Waals surface area contributed by atoms with Crippen LogP contribution in [0, 0.1) is 12.3 Å². The van der Waals surface area contributed by atoms with Crippen LogP contribution < -0.4 is 4.74 Å². The summed E-state index contributed by atoms with van der Waals surface area (Å²) >= 11 is 1.51. The van der Waals surface area contributed by atoms with Crippen molar-refractivity contribution in [1.29, 1.82) is 0 Å². The number of aryl methyl sites for hydroxylation is 2. The number of rotatable bonds is 11. The van der Waals surface area contributed by atoms with Crippen LogP contribution in [0.1, 0.15) is 85.6 Å². The standard InChI is InChI=1S/C29H43NO5S/c1-10-20-16-21(13-14-22(20)35-18-23(31)28(5,6)7)29(11-2,12-3)24-15-19(4)26(36-24)27(33)30(8)17-25(32)34-9/h13-16,23,31H,10-12,17-18H2,1-9H3. The molecular weight excluding hydrogens is 474 g/mol. The number of methoxy groups -OCH3 is 1. The Bertz CT molecular complexity index is 1050. The normalized spacial score (nSPS) is 12.8. The Kier molecular flexibility index (Phi) is 10.1. The Morgan fingerprint density at radius 1 is 1.11 bits per heavy atom. The predicted molar refractivity (Wildman–Crippen MR) is 146 cm³/mol. The molecule has 2 aromatic rings. The predicted octanol–water partition coefficient (Wildman–Crippen LogP) is 5.76. The van der Waals surface area contributed by atoms with Crippen molar-refractivity contribution >= 4 is 23.2 Å². The van der Waals surface area contributed by atoms with Crippen molar-refractivity contribution in [2.24, 2.45) is 5.41 Å². The second-order valence-electron chi connectivity index (χ2n) is 10.5. The summed E-state index contributed by atoms with van der Waals surface area (Å²) in [6.07, 6.45) is 2.00. The lowest BCUT2D eigenvalue weighted by Gasteiger charge is -2.32. The van der Waals surface area contributed by atoms with Crippen LogP contribution in [0.5, 0.6) is 5.75 Å². The first-order valence-electron chi connectivity index (χ1n) is 12.7. The van der Waals surface area contributed by atoms with E-state index in [1.165, 1.54) is 28.9 Å². The van der Waals surface area contributed by atoms with Gasteiger partial charge in [-0.3, -0.25) is 9.59 Å². The highest BCUT2D eigenvalue weighted by molar-refractivity contribution is 7.14. The highest BCUT2D eigenvalue weighted by atomic mass is 32.1. The molecule has 0 saturated heterocycles. The smallest absolute Gasteiger partial charge is 0.325 e. The molecule has 0 radical (unpaired) electrons. The fraction of sp³-hybridized carbons (Fsp3) is 0.586. The molecule has 1 heterocycles. The lowest BCUT2D eigenvalue weighted by Crippen LogP contribution is -2.32. The summed E-state index contributed by atoms with van der Waals surface area (Å²) in [6, 6.07) is 8.46. The SMILES string of the molecule is CCc1cc(C(CC)(CC)c2cc(C)c(C(=O)N(C)CC(=O)OC)s2)ccc1OCC(O)C(C)(C)C. The minimum Gasteiger partial charge on any atom is -0.491 e. The summed E-state index contributed by atoms with van der Waals surface area (Å²) in [7, 11) is 2.94. The van der Waals surface area contributed by atoms with Gasteiger partial charge in [-0.25, -0.2) is 0 Å². The zero-order chi connectivity index (χ0) is 27.3. The minimum atomic E-state index is -0.561. The maximum atomic E-state index is 13.1. The van der Waals surface area contributed by atoms with Gasteiger partial charge in [-0.05, 0) is 60.4 Å². The number of nitrogens with zero attached hydrogens (tertiary/aromatic N) is 1. The molecule has 0 aliphatic heterocycles. The fourth-order valence-electron chi connectivity index (χ4n) is 4.30. The first-order chi connectivity index (χ1) is 16.8. The lowest BCUT2D eigenvalue weighted by atomic mass is 9.74. The minimum absolute atomic E-state index is 0.0834. The lowest BCUT2D eigenvalue weighted by molar-refractivity contribution is -0.141. The van der Waals surface area contributed by atoms with Gasteiger partial charge in [0, 0.05) is 17.3 Å². The summed E-state index contributed by atoms with van der Waals surface area (Å²) < 4.78 is 10.8. The van der Waals surface area contributed by atoms with Crippen molar-refractivity contribution in [3.05, 3.63) is 50.7 Å². The summed E-state index contributed by atoms with van der Waals surface area (Å²) in [5, 5.41) is 10.4. The highest BCUT2D eigenvalue weighted by Crippen LogP contribution is 2.44. The Labute approximate surface area is 220 Å². The van der Waals surface area contributed by atoms with Crippen molar-refractivity contribution in [2.45, 2.75) is 79.2 Å². The number of aliphatic hydroxyl groups excluding tert-OH is 1. The molecule has 1 atom stereocenters. The zero-order valence-corrected chi connectivity index (χ0v) is 24.2. The quantitative estimate of drug-likeness (QED) is 0.384. The van der Waals surface area contributed by atoms with E-state index < -0.39 is 12.1 Å². The van der Waals surface area contributed by atoms with Crippen LogP contribution in [0.2, 0.25) is 0 Å². The van der Waals surface area contributed by atoms with Gasteiger partial charge in [-0.15, -0.1) is 11.3 Å². The molecule has 0 spiro atoms. The van der Waals surface area contributed by atoms with Gasteiger partial charge in [0.1, 0.15) is 18.9 Å². The van der Waals surface area contributed by atoms with Gasteiger partial charge in [0.25, 0.3) is 5.91 Å². The number of thiophene rings is 1. The molecule has 2 rings (SSSR count). The average molecular weight is 518 g/mol. The molecule has 1 aromatic heterocycles. The van der Waals surface area contributed by atoms with Crippen molar-refractivity contribution < 1.29 is 24.2 Å². The first kappa shape index (κ1) is 29.8. The van der Waals surface area contributed by atoms with Crippen LogP contribution in [0.3, 0.4) is 0 Å². The molecule has 1 aromatic carbocycles. The number of hydrogen-bond acceptors (Lipinski definition) is 6. The van der Waals surface area contributed by atoms with Crippen LogP contribution in [-0.4, -0.2) is 55.3 Å². The Hall–Kier alpha value is -2.38. The molecule has 36 heavy (non-hydrogen) atoms. The molecule has 1 N–H and O–H groups in total. The third-order valence-electron chi connectivity index (χ3n) is 7.12. The van der Waals surface area contributed by atoms with Gasteiger partial charge in [-0.2, -0.15) is 0 Å². The third kappa shape index (κ3) is 6.48. The van der Waals surface area contributed by atoms with Gasteiger partial charge in [0.15, 0.2) is 0 Å². The van der Waals surface area contributed by atoms with E-state index in [1.807, 2.05) is 33.8 Å². The number of amides is 1. The van der Waals surface area contributed by atoms with Gasteiger partial charge < -0.3 is 19.5 Å². The number of aliphatic hydroxyl groups is 1. The highest BCUT2D eigenvalue weighted by Gasteiger charge is 2.35. The van der Waals surface area contributed by atoms with E-state index in [0.29, 0.717) is 4.88 Å². The molecule has 0 bridgehead atoms. The molecule has 0 aliphatic rings. The third-order valence-corrected chi connectivity index (χ3v) is 8.55. The van der Waals surface area contributed by atoms with Gasteiger partial charge in [0.2, 0.25) is 0 Å². The molecule has 6 nitrogen and oxygen atoms in total. The molecule has 200 valence electrons. The van der Waals surface area contributed by atoms with Crippen molar-refractivity contribution in [1.82, 2.24) is 4.90 Å². The van der Waals surface area contributed by atoms with Crippen LogP contribution in [0.25, 0.3) is 0 Å². The van der Waals surface area contributed by atoms with Gasteiger partial charge >= 0.3 is 5.97 Å². The van der Waals surface area contributed by atoms with E-state index in [2.05, 4.69) is 39.0 Å². The van der Waals surface area contributed by atoms with Crippen LogP contribution in [0.15, 0.2) is 24.3 Å². The maximum Gasteiger partial charge on any atom is 0.325 e. The van der Waals surface area contributed by atoms with E-state index in [0.717, 1.165) is 41.0 Å². The topological polar surface area (TPSA) is 76.1 Å². The number of likely N-dealkylation sites (N-methyl/N-ethyl adjacent to an activating group) is 1. The molecular formula is C29H43NO5S. The van der Waals surface area contributed by atoms with Crippen LogP contribution >= 0.6 is 11.3 Å². The van der Waals surface area contributed by atoms with Crippen molar-refractivity contribution in [3.63, 3.8) is 0 Å². The summed E-state index contributed by atoms with van der Waals surface area (Å²) in [6.45, 7) is 14.6. The second kappa shape index (κ2) is 12.2. The second-order valence-corrected chi connectivity index (χ2v) is 11.6. The largest absolute Gasteiger partial charge is 0.491 e. The number of carbonyl (C=O) groups is 2. The number of ether oxygens (including phenoxy) is 2. The Morgan fingerprint density at radius 2 is 1.75 bits per heavy atom. The van der Waals surface area contributed by atoms with Crippen LogP contribution in [-0.2, 0) is 21.4 Å². The zero-order valence-electron chi connectivity index (χ0n) is 23.4. The first-order valence-corrected chi connectivity index (χ1v) is 13.5. The molecule has 1 unspecified atom stereocenters. The van der Waals surface area contributed by atoms with E-state index in [9.17, 15) is 14.7 Å². The average Bonchev–Trinajstić information content (AvgIpc) is 3.24. The molecule has 7 heteroatoms. The Balaban J connectivity index is 2.43. The number of hydrogen-bond donors (Lipinski definition) is 1. The van der Waals surface area contributed by atoms with Crippen LogP contribution in [0.4, 0.5) is 0 Å². The summed E-state index contributed by atoms with van der Waals surface area (Å²) in [5.74, 6) is 0.181. The fourth-order valence-corrected chi connectivity index (χ4v) is 5.82. The van der Waals surface area contributed by atoms with Crippen molar-refractivity contribution in [3.8, 4) is 5.75 Å². The molecule has 0 fully saturated rings. The van der Waals surface area contributed by atoms with E-state index in [4.69, 9.17) is 9.47 Å². The summed E-state index contributed by atoms with van der Waals surface area (Å²) in [5.41, 5.74) is 2.71. The van der Waals surface area contributed by atoms with Gasteiger partial charge in [-0.1, -0.05) is 53.7 Å². The monoisotopic (exact) mass is 517 g/mol. The van der Waals surface area contributed by atoms with Gasteiger partial charge in [0.05, 0.1) is 18.1 Å². The molecule has 0 aliphatic carbocycles. The number of esters is 1. The van der Waals surface area contributed by atoms with E-state index in [-0.39, 0.29) is 29.9 Å². The van der Waals surface area contributed by atoms with E-state index in [1.54, 1.807) is 7.05 Å². The molecule has 1 amide bonds. The van der Waals surface area contributed by atoms with E-state index >= 15 is 0 Å². The number of benzene rings is 1. The molecule has 0 saturated carbocycles. The van der Waals surface area contributed by atoms with Crippen molar-refractivity contribution in [2.75, 3.05) is 27.3 Å². The maximum absolute atomic E-state index is 13.1. The number of carbonyl (C=O) groups excluding carboxylic acids is 2.